The average Bonchev–Trinajstić information content (AvgIpc) is 3.37. The van der Waals surface area contributed by atoms with Gasteiger partial charge in [0.25, 0.3) is 0 Å². The Hall–Kier alpha value is -3.84. The van der Waals surface area contributed by atoms with E-state index < -0.39 is 0 Å². The highest BCUT2D eigenvalue weighted by molar-refractivity contribution is 5.55. The Morgan fingerprint density at radius 1 is 0.853 bits per heavy atom. The maximum atomic E-state index is 5.86. The summed E-state index contributed by atoms with van der Waals surface area (Å²) in [4.78, 5) is 9.32. The van der Waals surface area contributed by atoms with Crippen molar-refractivity contribution in [2.45, 2.75) is 13.2 Å². The predicted octanol–water partition coefficient (Wildman–Crippen LogP) is 4.65. The van der Waals surface area contributed by atoms with E-state index >= 15 is 0 Å². The van der Waals surface area contributed by atoms with Crippen LogP contribution in [0.5, 0.6) is 11.5 Å². The van der Waals surface area contributed by atoms with Gasteiger partial charge in [0, 0.05) is 43.5 Å². The molecule has 34 heavy (non-hydrogen) atoms. The molecule has 1 fully saturated rings. The van der Waals surface area contributed by atoms with Gasteiger partial charge in [0.2, 0.25) is 11.7 Å². The Bertz CT molecular complexity index is 1190. The number of hydrogen-bond acceptors (Lipinski definition) is 7. The van der Waals surface area contributed by atoms with E-state index in [2.05, 4.69) is 32.1 Å². The average molecular weight is 457 g/mol. The molecule has 0 amide bonds. The molecule has 7 heteroatoms. The first-order valence-electron chi connectivity index (χ1n) is 11.5. The molecular weight excluding hydrogens is 428 g/mol. The highest BCUT2D eigenvalue weighted by Gasteiger charge is 2.20. The zero-order chi connectivity index (χ0) is 23.2. The third-order valence-corrected chi connectivity index (χ3v) is 5.98. The molecule has 4 aromatic rings. The van der Waals surface area contributed by atoms with Crippen LogP contribution in [0.3, 0.4) is 0 Å². The van der Waals surface area contributed by atoms with Crippen LogP contribution in [0.25, 0.3) is 11.4 Å². The Balaban J connectivity index is 1.13. The van der Waals surface area contributed by atoms with Gasteiger partial charge in [-0.2, -0.15) is 4.98 Å². The van der Waals surface area contributed by atoms with Gasteiger partial charge in [-0.15, -0.1) is 0 Å². The number of benzene rings is 3. The Morgan fingerprint density at radius 3 is 2.41 bits per heavy atom. The van der Waals surface area contributed by atoms with E-state index in [1.165, 1.54) is 5.69 Å². The van der Waals surface area contributed by atoms with Crippen molar-refractivity contribution >= 4 is 5.69 Å². The number of piperazine rings is 1. The van der Waals surface area contributed by atoms with Crippen molar-refractivity contribution in [1.29, 1.82) is 0 Å². The van der Waals surface area contributed by atoms with Crippen LogP contribution in [-0.2, 0) is 13.2 Å². The maximum absolute atomic E-state index is 5.86. The number of aromatic nitrogens is 2. The van der Waals surface area contributed by atoms with Crippen molar-refractivity contribution in [3.05, 3.63) is 90.3 Å². The van der Waals surface area contributed by atoms with Crippen LogP contribution in [0.1, 0.15) is 11.5 Å². The number of anilines is 1. The second kappa shape index (κ2) is 10.4. The second-order valence-electron chi connectivity index (χ2n) is 8.28. The van der Waals surface area contributed by atoms with E-state index in [4.69, 9.17) is 14.0 Å². The molecular formula is C27H28N4O3. The quantitative estimate of drug-likeness (QED) is 0.383. The Labute approximate surface area is 199 Å². The van der Waals surface area contributed by atoms with E-state index in [1.807, 2.05) is 66.7 Å². The SMILES string of the molecule is COc1cccc(N2CCN(Cc3nc(-c4ccc(OCc5ccccc5)cc4)no3)CC2)c1. The lowest BCUT2D eigenvalue weighted by molar-refractivity contribution is 0.215. The molecule has 3 aromatic carbocycles. The molecule has 0 spiro atoms. The first-order chi connectivity index (χ1) is 16.8. The van der Waals surface area contributed by atoms with Gasteiger partial charge in [0.1, 0.15) is 18.1 Å². The first-order valence-corrected chi connectivity index (χ1v) is 11.5. The van der Waals surface area contributed by atoms with Crippen molar-refractivity contribution in [3.63, 3.8) is 0 Å². The Kier molecular flexibility index (Phi) is 6.72. The van der Waals surface area contributed by atoms with Crippen molar-refractivity contribution in [1.82, 2.24) is 15.0 Å². The molecule has 0 unspecified atom stereocenters. The maximum Gasteiger partial charge on any atom is 0.241 e. The topological polar surface area (TPSA) is 63.9 Å². The number of methoxy groups -OCH3 is 1. The molecule has 5 rings (SSSR count). The summed E-state index contributed by atoms with van der Waals surface area (Å²) in [5, 5.41) is 4.18. The molecule has 1 saturated heterocycles. The molecule has 0 saturated carbocycles. The van der Waals surface area contributed by atoms with Gasteiger partial charge in [-0.3, -0.25) is 4.90 Å². The summed E-state index contributed by atoms with van der Waals surface area (Å²) < 4.78 is 16.7. The van der Waals surface area contributed by atoms with E-state index in [1.54, 1.807) is 7.11 Å². The summed E-state index contributed by atoms with van der Waals surface area (Å²) in [6.45, 7) is 4.94. The molecule has 1 aliphatic heterocycles. The summed E-state index contributed by atoms with van der Waals surface area (Å²) in [5.74, 6) is 2.92. The molecule has 1 aliphatic rings. The smallest absolute Gasteiger partial charge is 0.241 e. The fraction of sp³-hybridized carbons (Fsp3) is 0.259. The van der Waals surface area contributed by atoms with Crippen LogP contribution >= 0.6 is 0 Å². The monoisotopic (exact) mass is 456 g/mol. The minimum atomic E-state index is 0.539. The third-order valence-electron chi connectivity index (χ3n) is 5.98. The fourth-order valence-corrected chi connectivity index (χ4v) is 4.04. The third kappa shape index (κ3) is 5.38. The van der Waals surface area contributed by atoms with Crippen molar-refractivity contribution in [2.24, 2.45) is 0 Å². The van der Waals surface area contributed by atoms with Gasteiger partial charge in [-0.1, -0.05) is 41.6 Å². The molecule has 0 N–H and O–H groups in total. The summed E-state index contributed by atoms with van der Waals surface area (Å²) in [5.41, 5.74) is 3.24. The lowest BCUT2D eigenvalue weighted by Gasteiger charge is -2.35. The lowest BCUT2D eigenvalue weighted by atomic mass is 10.2. The largest absolute Gasteiger partial charge is 0.497 e. The number of hydrogen-bond donors (Lipinski definition) is 0. The van der Waals surface area contributed by atoms with Crippen LogP contribution in [0, 0.1) is 0 Å². The molecule has 2 heterocycles. The van der Waals surface area contributed by atoms with E-state index in [0.29, 0.717) is 24.9 Å². The van der Waals surface area contributed by atoms with Crippen LogP contribution in [-0.4, -0.2) is 48.3 Å². The van der Waals surface area contributed by atoms with Crippen molar-refractivity contribution < 1.29 is 14.0 Å². The number of nitrogens with zero attached hydrogens (tertiary/aromatic N) is 4. The molecule has 174 valence electrons. The zero-order valence-electron chi connectivity index (χ0n) is 19.3. The van der Waals surface area contributed by atoms with Gasteiger partial charge in [-0.25, -0.2) is 0 Å². The molecule has 0 bridgehead atoms. The van der Waals surface area contributed by atoms with Crippen molar-refractivity contribution in [2.75, 3.05) is 38.2 Å². The summed E-state index contributed by atoms with van der Waals surface area (Å²) >= 11 is 0. The normalized spacial score (nSPS) is 14.2. The molecule has 1 aromatic heterocycles. The zero-order valence-corrected chi connectivity index (χ0v) is 19.3. The summed E-state index contributed by atoms with van der Waals surface area (Å²) in [6, 6.07) is 26.1. The molecule has 0 atom stereocenters. The van der Waals surface area contributed by atoms with Crippen molar-refractivity contribution in [3.8, 4) is 22.9 Å². The minimum Gasteiger partial charge on any atom is -0.497 e. The minimum absolute atomic E-state index is 0.539. The number of ether oxygens (including phenoxy) is 2. The van der Waals surface area contributed by atoms with E-state index in [9.17, 15) is 0 Å². The van der Waals surface area contributed by atoms with Gasteiger partial charge >= 0.3 is 0 Å². The van der Waals surface area contributed by atoms with Gasteiger partial charge in [-0.05, 0) is 42.0 Å². The fourth-order valence-electron chi connectivity index (χ4n) is 4.04. The highest BCUT2D eigenvalue weighted by atomic mass is 16.5. The van der Waals surface area contributed by atoms with Crippen LogP contribution in [0.4, 0.5) is 5.69 Å². The van der Waals surface area contributed by atoms with Crippen LogP contribution < -0.4 is 14.4 Å². The molecule has 7 nitrogen and oxygen atoms in total. The van der Waals surface area contributed by atoms with Gasteiger partial charge in [0.05, 0.1) is 13.7 Å². The molecule has 0 aliphatic carbocycles. The standard InChI is InChI=1S/C27H28N4O3/c1-32-25-9-5-8-23(18-25)31-16-14-30(15-17-31)19-26-28-27(29-34-26)22-10-12-24(13-11-22)33-20-21-6-3-2-4-7-21/h2-13,18H,14-17,19-20H2,1H3. The van der Waals surface area contributed by atoms with Gasteiger partial charge < -0.3 is 18.9 Å². The van der Waals surface area contributed by atoms with Crippen LogP contribution in [0.15, 0.2) is 83.4 Å². The summed E-state index contributed by atoms with van der Waals surface area (Å²) in [7, 11) is 1.70. The molecule has 0 radical (unpaired) electrons. The highest BCUT2D eigenvalue weighted by Crippen LogP contribution is 2.24. The Morgan fingerprint density at radius 2 is 1.65 bits per heavy atom. The summed E-state index contributed by atoms with van der Waals surface area (Å²) in [6.07, 6.45) is 0. The van der Waals surface area contributed by atoms with Crippen LogP contribution in [0.2, 0.25) is 0 Å². The number of rotatable bonds is 8. The lowest BCUT2D eigenvalue weighted by Crippen LogP contribution is -2.46. The van der Waals surface area contributed by atoms with E-state index in [0.717, 1.165) is 48.8 Å². The van der Waals surface area contributed by atoms with Gasteiger partial charge in [0.15, 0.2) is 0 Å². The second-order valence-corrected chi connectivity index (χ2v) is 8.28. The predicted molar refractivity (Wildman–Crippen MR) is 131 cm³/mol. The first kappa shape index (κ1) is 22.0. The van der Waals surface area contributed by atoms with E-state index in [-0.39, 0.29) is 0 Å².